The van der Waals surface area contributed by atoms with Gasteiger partial charge in [-0.3, -0.25) is 5.10 Å². The Hall–Kier alpha value is -0.880. The third-order valence-electron chi connectivity index (χ3n) is 3.10. The maximum Gasteiger partial charge on any atom is 0.215 e. The Morgan fingerprint density at radius 1 is 1.50 bits per heavy atom. The van der Waals surface area contributed by atoms with E-state index < -0.39 is 10.0 Å². The van der Waals surface area contributed by atoms with Gasteiger partial charge in [0.05, 0.1) is 11.4 Å². The van der Waals surface area contributed by atoms with Gasteiger partial charge in [0.2, 0.25) is 10.0 Å². The Labute approximate surface area is 95.7 Å². The van der Waals surface area contributed by atoms with Crippen LogP contribution in [0.5, 0.6) is 0 Å². The zero-order valence-electron chi connectivity index (χ0n) is 9.31. The predicted octanol–water partition coefficient (Wildman–Crippen LogP) is 1.33. The Morgan fingerprint density at radius 3 is 2.75 bits per heavy atom. The van der Waals surface area contributed by atoms with E-state index in [0.29, 0.717) is 0 Å². The van der Waals surface area contributed by atoms with E-state index in [9.17, 15) is 8.42 Å². The van der Waals surface area contributed by atoms with Gasteiger partial charge in [0, 0.05) is 17.8 Å². The van der Waals surface area contributed by atoms with Gasteiger partial charge in [-0.05, 0) is 19.8 Å². The molecular weight excluding hydrogens is 226 g/mol. The molecule has 16 heavy (non-hydrogen) atoms. The summed E-state index contributed by atoms with van der Waals surface area (Å²) in [6.07, 6.45) is 6.96. The van der Waals surface area contributed by atoms with Crippen LogP contribution in [0, 0.1) is 0 Å². The standard InChI is InChI=1S/C10H17N3O2S/c1-8(9-6-11-12-7-9)13-16(14,15)10-4-2-3-5-10/h6-8,10,13H,2-5H2,1H3,(H,11,12). The van der Waals surface area contributed by atoms with Crippen LogP contribution in [-0.4, -0.2) is 23.9 Å². The van der Waals surface area contributed by atoms with Crippen LogP contribution in [0.1, 0.15) is 44.2 Å². The lowest BCUT2D eigenvalue weighted by Crippen LogP contribution is -2.34. The van der Waals surface area contributed by atoms with Crippen LogP contribution in [0.25, 0.3) is 0 Å². The average Bonchev–Trinajstić information content (AvgIpc) is 2.91. The highest BCUT2D eigenvalue weighted by Gasteiger charge is 2.29. The molecule has 0 aliphatic heterocycles. The summed E-state index contributed by atoms with van der Waals surface area (Å²) in [6, 6.07) is -0.218. The molecule has 1 aromatic rings. The first-order chi connectivity index (χ1) is 7.59. The van der Waals surface area contributed by atoms with Crippen LogP contribution >= 0.6 is 0 Å². The van der Waals surface area contributed by atoms with E-state index in [1.807, 2.05) is 6.92 Å². The quantitative estimate of drug-likeness (QED) is 0.837. The molecule has 0 aromatic carbocycles. The molecule has 0 saturated heterocycles. The Kier molecular flexibility index (Phi) is 3.30. The number of hydrogen-bond acceptors (Lipinski definition) is 3. The molecular formula is C10H17N3O2S. The van der Waals surface area contributed by atoms with Gasteiger partial charge in [0.1, 0.15) is 0 Å². The average molecular weight is 243 g/mol. The third-order valence-corrected chi connectivity index (χ3v) is 5.13. The summed E-state index contributed by atoms with van der Waals surface area (Å²) in [5, 5.41) is 6.29. The molecule has 1 fully saturated rings. The first kappa shape index (κ1) is 11.6. The summed E-state index contributed by atoms with van der Waals surface area (Å²) in [7, 11) is -3.18. The molecule has 1 aliphatic rings. The largest absolute Gasteiger partial charge is 0.285 e. The topological polar surface area (TPSA) is 74.8 Å². The summed E-state index contributed by atoms with van der Waals surface area (Å²) < 4.78 is 26.7. The first-order valence-corrected chi connectivity index (χ1v) is 7.14. The summed E-state index contributed by atoms with van der Waals surface area (Å²) in [6.45, 7) is 1.83. The minimum absolute atomic E-state index is 0.207. The van der Waals surface area contributed by atoms with Crippen LogP contribution < -0.4 is 4.72 Å². The monoisotopic (exact) mass is 243 g/mol. The summed E-state index contributed by atoms with van der Waals surface area (Å²) in [5.41, 5.74) is 0.863. The molecule has 1 atom stereocenters. The van der Waals surface area contributed by atoms with E-state index in [1.54, 1.807) is 12.4 Å². The van der Waals surface area contributed by atoms with Gasteiger partial charge in [-0.2, -0.15) is 5.10 Å². The van der Waals surface area contributed by atoms with Crippen molar-refractivity contribution in [1.29, 1.82) is 0 Å². The molecule has 1 unspecified atom stereocenters. The second-order valence-corrected chi connectivity index (χ2v) is 6.32. The van der Waals surface area contributed by atoms with Crippen molar-refractivity contribution >= 4 is 10.0 Å². The lowest BCUT2D eigenvalue weighted by Gasteiger charge is -2.16. The molecule has 1 heterocycles. The molecule has 90 valence electrons. The van der Waals surface area contributed by atoms with E-state index in [-0.39, 0.29) is 11.3 Å². The molecule has 1 aliphatic carbocycles. The Bertz CT molecular complexity index is 421. The number of H-pyrrole nitrogens is 1. The van der Waals surface area contributed by atoms with Crippen molar-refractivity contribution in [3.63, 3.8) is 0 Å². The highest BCUT2D eigenvalue weighted by Crippen LogP contribution is 2.25. The van der Waals surface area contributed by atoms with Crippen molar-refractivity contribution in [1.82, 2.24) is 14.9 Å². The van der Waals surface area contributed by atoms with Crippen molar-refractivity contribution < 1.29 is 8.42 Å². The van der Waals surface area contributed by atoms with Crippen molar-refractivity contribution in [2.24, 2.45) is 0 Å². The molecule has 5 nitrogen and oxygen atoms in total. The van der Waals surface area contributed by atoms with E-state index in [1.165, 1.54) is 0 Å². The summed E-state index contributed by atoms with van der Waals surface area (Å²) >= 11 is 0. The minimum atomic E-state index is -3.18. The number of aromatic amines is 1. The summed E-state index contributed by atoms with van der Waals surface area (Å²) in [5.74, 6) is 0. The molecule has 0 bridgehead atoms. The Balaban J connectivity index is 2.03. The zero-order chi connectivity index (χ0) is 11.6. The molecule has 1 saturated carbocycles. The van der Waals surface area contributed by atoms with Crippen LogP contribution in [0.4, 0.5) is 0 Å². The van der Waals surface area contributed by atoms with Gasteiger partial charge in [-0.25, -0.2) is 13.1 Å². The second kappa shape index (κ2) is 4.55. The molecule has 0 spiro atoms. The summed E-state index contributed by atoms with van der Waals surface area (Å²) in [4.78, 5) is 0. The number of nitrogens with one attached hydrogen (secondary N) is 2. The van der Waals surface area contributed by atoms with Crippen molar-refractivity contribution in [2.45, 2.75) is 43.9 Å². The normalized spacial score (nSPS) is 20.1. The smallest absolute Gasteiger partial charge is 0.215 e. The van der Waals surface area contributed by atoms with Crippen molar-refractivity contribution in [3.8, 4) is 0 Å². The van der Waals surface area contributed by atoms with Crippen LogP contribution in [0.2, 0.25) is 0 Å². The molecule has 0 radical (unpaired) electrons. The van der Waals surface area contributed by atoms with Gasteiger partial charge >= 0.3 is 0 Å². The van der Waals surface area contributed by atoms with Gasteiger partial charge in [-0.15, -0.1) is 0 Å². The minimum Gasteiger partial charge on any atom is -0.285 e. The maximum atomic E-state index is 12.0. The van der Waals surface area contributed by atoms with E-state index in [0.717, 1.165) is 31.2 Å². The van der Waals surface area contributed by atoms with Gasteiger partial charge in [0.25, 0.3) is 0 Å². The molecule has 2 rings (SSSR count). The van der Waals surface area contributed by atoms with Gasteiger partial charge in [-0.1, -0.05) is 12.8 Å². The van der Waals surface area contributed by atoms with Crippen molar-refractivity contribution in [3.05, 3.63) is 18.0 Å². The van der Waals surface area contributed by atoms with Crippen LogP contribution in [0.3, 0.4) is 0 Å². The lowest BCUT2D eigenvalue weighted by molar-refractivity contribution is 0.550. The highest BCUT2D eigenvalue weighted by atomic mass is 32.2. The number of rotatable bonds is 4. The Morgan fingerprint density at radius 2 is 2.19 bits per heavy atom. The molecule has 0 amide bonds. The van der Waals surface area contributed by atoms with Crippen molar-refractivity contribution in [2.75, 3.05) is 0 Å². The predicted molar refractivity (Wildman–Crippen MR) is 61.3 cm³/mol. The number of aromatic nitrogens is 2. The number of hydrogen-bond donors (Lipinski definition) is 2. The van der Waals surface area contributed by atoms with E-state index >= 15 is 0 Å². The fraction of sp³-hybridized carbons (Fsp3) is 0.700. The van der Waals surface area contributed by atoms with E-state index in [4.69, 9.17) is 0 Å². The highest BCUT2D eigenvalue weighted by molar-refractivity contribution is 7.90. The van der Waals surface area contributed by atoms with Crippen LogP contribution in [-0.2, 0) is 10.0 Å². The fourth-order valence-electron chi connectivity index (χ4n) is 2.11. The SMILES string of the molecule is CC(NS(=O)(=O)C1CCCC1)c1cn[nH]c1. The third kappa shape index (κ3) is 2.44. The number of nitrogens with zero attached hydrogens (tertiary/aromatic N) is 1. The van der Waals surface area contributed by atoms with Crippen LogP contribution in [0.15, 0.2) is 12.4 Å². The maximum absolute atomic E-state index is 12.0. The van der Waals surface area contributed by atoms with Gasteiger partial charge in [0.15, 0.2) is 0 Å². The van der Waals surface area contributed by atoms with Gasteiger partial charge < -0.3 is 0 Å². The first-order valence-electron chi connectivity index (χ1n) is 5.59. The molecule has 1 aromatic heterocycles. The molecule has 2 N–H and O–H groups in total. The van der Waals surface area contributed by atoms with E-state index in [2.05, 4.69) is 14.9 Å². The number of sulfonamides is 1. The molecule has 6 heteroatoms. The second-order valence-electron chi connectivity index (χ2n) is 4.32. The fourth-order valence-corrected chi connectivity index (χ4v) is 3.88. The lowest BCUT2D eigenvalue weighted by atomic mass is 10.2. The zero-order valence-corrected chi connectivity index (χ0v) is 10.1.